The van der Waals surface area contributed by atoms with Crippen LogP contribution in [0.2, 0.25) is 0 Å². The minimum absolute atomic E-state index is 0.179. The summed E-state index contributed by atoms with van der Waals surface area (Å²) in [7, 11) is 3.03. The fraction of sp³-hybridized carbons (Fsp3) is 0.222. The zero-order chi connectivity index (χ0) is 18.2. The molecule has 6 nitrogen and oxygen atoms in total. The molecule has 0 fully saturated rings. The first-order chi connectivity index (χ1) is 12.1. The van der Waals surface area contributed by atoms with E-state index >= 15 is 0 Å². The second-order valence-electron chi connectivity index (χ2n) is 5.07. The van der Waals surface area contributed by atoms with E-state index in [0.717, 1.165) is 0 Å². The van der Waals surface area contributed by atoms with Crippen LogP contribution in [0.4, 0.5) is 0 Å². The maximum absolute atomic E-state index is 12.3. The maximum Gasteiger partial charge on any atom is 0.251 e. The number of amides is 2. The number of nitrogens with one attached hydrogen (secondary N) is 2. The van der Waals surface area contributed by atoms with E-state index in [9.17, 15) is 9.59 Å². The van der Waals surface area contributed by atoms with Crippen molar-refractivity contribution < 1.29 is 19.1 Å². The van der Waals surface area contributed by atoms with Gasteiger partial charge in [0.25, 0.3) is 11.8 Å². The van der Waals surface area contributed by atoms with E-state index in [0.29, 0.717) is 40.2 Å². The molecular formula is C18H19BrN2O4. The highest BCUT2D eigenvalue weighted by molar-refractivity contribution is 9.10. The van der Waals surface area contributed by atoms with Crippen LogP contribution < -0.4 is 20.1 Å². The van der Waals surface area contributed by atoms with Crippen molar-refractivity contribution in [1.29, 1.82) is 0 Å². The molecule has 132 valence electrons. The maximum atomic E-state index is 12.3. The number of carbonyl (C=O) groups excluding carboxylic acids is 2. The summed E-state index contributed by atoms with van der Waals surface area (Å²) in [5.74, 6) is 0.545. The minimum Gasteiger partial charge on any atom is -0.495 e. The predicted octanol–water partition coefficient (Wildman–Crippen LogP) is 2.63. The first-order valence-electron chi connectivity index (χ1n) is 7.59. The Labute approximate surface area is 154 Å². The van der Waals surface area contributed by atoms with E-state index in [1.54, 1.807) is 36.4 Å². The molecule has 0 aliphatic rings. The van der Waals surface area contributed by atoms with Gasteiger partial charge in [-0.3, -0.25) is 9.59 Å². The predicted molar refractivity (Wildman–Crippen MR) is 98.4 cm³/mol. The Morgan fingerprint density at radius 1 is 0.880 bits per heavy atom. The SMILES string of the molecule is COc1cc(C(=O)NCCNC(=O)c2ccccc2)cc(OC)c1Br. The number of hydrogen-bond acceptors (Lipinski definition) is 4. The Balaban J connectivity index is 1.89. The fourth-order valence-corrected chi connectivity index (χ4v) is 2.70. The lowest BCUT2D eigenvalue weighted by molar-refractivity contribution is 0.0927. The van der Waals surface area contributed by atoms with E-state index in [4.69, 9.17) is 9.47 Å². The van der Waals surface area contributed by atoms with Crippen molar-refractivity contribution in [3.63, 3.8) is 0 Å². The van der Waals surface area contributed by atoms with Crippen molar-refractivity contribution in [1.82, 2.24) is 10.6 Å². The molecule has 0 aliphatic carbocycles. The van der Waals surface area contributed by atoms with Gasteiger partial charge in [-0.2, -0.15) is 0 Å². The average molecular weight is 407 g/mol. The van der Waals surface area contributed by atoms with E-state index in [1.807, 2.05) is 6.07 Å². The van der Waals surface area contributed by atoms with E-state index in [1.165, 1.54) is 14.2 Å². The van der Waals surface area contributed by atoms with E-state index < -0.39 is 0 Å². The van der Waals surface area contributed by atoms with E-state index in [-0.39, 0.29) is 11.8 Å². The summed E-state index contributed by atoms with van der Waals surface area (Å²) < 4.78 is 11.1. The Morgan fingerprint density at radius 2 is 1.36 bits per heavy atom. The molecule has 0 bridgehead atoms. The standard InChI is InChI=1S/C18H19BrN2O4/c1-24-14-10-13(11-15(25-2)16(14)19)18(23)21-9-8-20-17(22)12-6-4-3-5-7-12/h3-7,10-11H,8-9H2,1-2H3,(H,20,22)(H,21,23). The lowest BCUT2D eigenvalue weighted by Crippen LogP contribution is -2.34. The number of carbonyl (C=O) groups is 2. The number of hydrogen-bond donors (Lipinski definition) is 2. The molecule has 25 heavy (non-hydrogen) atoms. The topological polar surface area (TPSA) is 76.7 Å². The molecule has 0 unspecified atom stereocenters. The second kappa shape index (κ2) is 9.08. The zero-order valence-electron chi connectivity index (χ0n) is 14.0. The lowest BCUT2D eigenvalue weighted by atomic mass is 10.2. The largest absolute Gasteiger partial charge is 0.495 e. The summed E-state index contributed by atoms with van der Waals surface area (Å²) in [5, 5.41) is 5.50. The van der Waals surface area contributed by atoms with E-state index in [2.05, 4.69) is 26.6 Å². The number of methoxy groups -OCH3 is 2. The van der Waals surface area contributed by atoms with Gasteiger partial charge in [-0.1, -0.05) is 18.2 Å². The van der Waals surface area contributed by atoms with Crippen molar-refractivity contribution >= 4 is 27.7 Å². The Hall–Kier alpha value is -2.54. The van der Waals surface area contributed by atoms with Crippen LogP contribution in [0.3, 0.4) is 0 Å². The fourth-order valence-electron chi connectivity index (χ4n) is 2.15. The van der Waals surface area contributed by atoms with Crippen molar-refractivity contribution in [2.24, 2.45) is 0 Å². The van der Waals surface area contributed by atoms with Crippen LogP contribution in [-0.2, 0) is 0 Å². The molecule has 0 aliphatic heterocycles. The van der Waals surface area contributed by atoms with Crippen LogP contribution in [0, 0.1) is 0 Å². The summed E-state index contributed by atoms with van der Waals surface area (Å²) in [5.41, 5.74) is 0.988. The van der Waals surface area contributed by atoms with Gasteiger partial charge in [-0.15, -0.1) is 0 Å². The molecule has 0 aromatic heterocycles. The van der Waals surface area contributed by atoms with Crippen LogP contribution in [0.5, 0.6) is 11.5 Å². The molecule has 0 atom stereocenters. The molecule has 0 saturated heterocycles. The highest BCUT2D eigenvalue weighted by atomic mass is 79.9. The number of ether oxygens (including phenoxy) is 2. The van der Waals surface area contributed by atoms with Crippen molar-refractivity contribution in [3.05, 3.63) is 58.1 Å². The van der Waals surface area contributed by atoms with Gasteiger partial charge in [0.1, 0.15) is 16.0 Å². The number of benzene rings is 2. The molecule has 7 heteroatoms. The van der Waals surface area contributed by atoms with Gasteiger partial charge >= 0.3 is 0 Å². The molecule has 2 amide bonds. The van der Waals surface area contributed by atoms with Gasteiger partial charge in [0.2, 0.25) is 0 Å². The smallest absolute Gasteiger partial charge is 0.251 e. The third-order valence-corrected chi connectivity index (χ3v) is 4.22. The molecule has 2 aromatic carbocycles. The summed E-state index contributed by atoms with van der Waals surface area (Å²) in [6.45, 7) is 0.627. The van der Waals surface area contributed by atoms with Crippen LogP contribution in [0.1, 0.15) is 20.7 Å². The first kappa shape index (κ1) is 18.8. The summed E-state index contributed by atoms with van der Waals surface area (Å²) in [6, 6.07) is 12.1. The second-order valence-corrected chi connectivity index (χ2v) is 5.87. The molecule has 2 rings (SSSR count). The molecular weight excluding hydrogens is 388 g/mol. The monoisotopic (exact) mass is 406 g/mol. The van der Waals surface area contributed by atoms with Gasteiger partial charge in [0.05, 0.1) is 14.2 Å². The first-order valence-corrected chi connectivity index (χ1v) is 8.39. The third kappa shape index (κ3) is 4.96. The molecule has 0 radical (unpaired) electrons. The van der Waals surface area contributed by atoms with Gasteiger partial charge in [0.15, 0.2) is 0 Å². The van der Waals surface area contributed by atoms with Crippen LogP contribution in [0.15, 0.2) is 46.9 Å². The Morgan fingerprint density at radius 3 is 1.84 bits per heavy atom. The highest BCUT2D eigenvalue weighted by Gasteiger charge is 2.14. The van der Waals surface area contributed by atoms with Crippen LogP contribution in [0.25, 0.3) is 0 Å². The zero-order valence-corrected chi connectivity index (χ0v) is 15.6. The number of rotatable bonds is 7. The minimum atomic E-state index is -0.280. The molecule has 0 heterocycles. The lowest BCUT2D eigenvalue weighted by Gasteiger charge is -2.12. The summed E-state index contributed by atoms with van der Waals surface area (Å²) in [4.78, 5) is 24.2. The molecule has 0 saturated carbocycles. The van der Waals surface area contributed by atoms with Gasteiger partial charge in [-0.25, -0.2) is 0 Å². The molecule has 0 spiro atoms. The third-order valence-electron chi connectivity index (χ3n) is 3.44. The van der Waals surface area contributed by atoms with Gasteiger partial charge < -0.3 is 20.1 Å². The number of halogens is 1. The van der Waals surface area contributed by atoms with Crippen molar-refractivity contribution in [3.8, 4) is 11.5 Å². The van der Waals surface area contributed by atoms with Crippen LogP contribution in [-0.4, -0.2) is 39.1 Å². The van der Waals surface area contributed by atoms with Crippen molar-refractivity contribution in [2.75, 3.05) is 27.3 Å². The van der Waals surface area contributed by atoms with Crippen molar-refractivity contribution in [2.45, 2.75) is 0 Å². The van der Waals surface area contributed by atoms with Gasteiger partial charge in [0, 0.05) is 24.2 Å². The Kier molecular flexibility index (Phi) is 6.82. The van der Waals surface area contributed by atoms with Crippen LogP contribution >= 0.6 is 15.9 Å². The summed E-state index contributed by atoms with van der Waals surface area (Å²) >= 11 is 3.36. The van der Waals surface area contributed by atoms with Gasteiger partial charge in [-0.05, 0) is 40.2 Å². The Bertz CT molecular complexity index is 725. The molecule has 2 N–H and O–H groups in total. The normalized spacial score (nSPS) is 10.0. The summed E-state index contributed by atoms with van der Waals surface area (Å²) in [6.07, 6.45) is 0. The average Bonchev–Trinajstić information content (AvgIpc) is 2.65. The quantitative estimate of drug-likeness (QED) is 0.692. The highest BCUT2D eigenvalue weighted by Crippen LogP contribution is 2.35. The molecule has 2 aromatic rings.